The van der Waals surface area contributed by atoms with E-state index in [9.17, 15) is 10.1 Å². The van der Waals surface area contributed by atoms with Gasteiger partial charge in [0.05, 0.1) is 12.6 Å². The van der Waals surface area contributed by atoms with Gasteiger partial charge in [-0.15, -0.1) is 0 Å². The second-order valence-corrected chi connectivity index (χ2v) is 5.93. The predicted molar refractivity (Wildman–Crippen MR) is 82.3 cm³/mol. The topological polar surface area (TPSA) is 56.1 Å². The zero-order chi connectivity index (χ0) is 15.3. The highest BCUT2D eigenvalue weighted by Crippen LogP contribution is 2.39. The van der Waals surface area contributed by atoms with Gasteiger partial charge in [0.25, 0.3) is 0 Å². The van der Waals surface area contributed by atoms with Gasteiger partial charge in [-0.3, -0.25) is 9.69 Å². The molecule has 0 aromatic heterocycles. The van der Waals surface area contributed by atoms with Crippen molar-refractivity contribution in [3.05, 3.63) is 35.9 Å². The van der Waals surface area contributed by atoms with Crippen LogP contribution in [0.2, 0.25) is 0 Å². The molecule has 1 saturated carbocycles. The van der Waals surface area contributed by atoms with Crippen LogP contribution in [0.4, 0.5) is 0 Å². The van der Waals surface area contributed by atoms with Crippen molar-refractivity contribution < 1.29 is 4.79 Å². The summed E-state index contributed by atoms with van der Waals surface area (Å²) in [7, 11) is 0. The van der Waals surface area contributed by atoms with Crippen LogP contribution < -0.4 is 5.32 Å². The van der Waals surface area contributed by atoms with E-state index >= 15 is 0 Å². The molecule has 0 saturated heterocycles. The van der Waals surface area contributed by atoms with Crippen LogP contribution in [0, 0.1) is 17.2 Å². The summed E-state index contributed by atoms with van der Waals surface area (Å²) in [5.41, 5.74) is 0.487. The first kappa shape index (κ1) is 15.5. The van der Waals surface area contributed by atoms with Gasteiger partial charge < -0.3 is 5.32 Å². The molecule has 1 fully saturated rings. The fourth-order valence-electron chi connectivity index (χ4n) is 2.54. The predicted octanol–water partition coefficient (Wildman–Crippen LogP) is 2.32. The molecule has 1 N–H and O–H groups in total. The van der Waals surface area contributed by atoms with Gasteiger partial charge in [-0.25, -0.2) is 0 Å². The van der Waals surface area contributed by atoms with E-state index in [1.54, 1.807) is 0 Å². The summed E-state index contributed by atoms with van der Waals surface area (Å²) in [6.45, 7) is 5.75. The molecule has 1 unspecified atom stereocenters. The van der Waals surface area contributed by atoms with Crippen LogP contribution in [0.15, 0.2) is 30.3 Å². The average molecular weight is 285 g/mol. The Kier molecular flexibility index (Phi) is 4.98. The maximum absolute atomic E-state index is 12.2. The molecule has 1 aliphatic carbocycles. The van der Waals surface area contributed by atoms with E-state index in [0.29, 0.717) is 12.5 Å². The Morgan fingerprint density at radius 1 is 1.43 bits per heavy atom. The first-order valence-corrected chi connectivity index (χ1v) is 7.56. The summed E-state index contributed by atoms with van der Waals surface area (Å²) >= 11 is 0. The SMILES string of the molecule is CCN(CC(=O)NC(C)(C#N)C1CC1)Cc1ccccc1. The molecule has 1 atom stereocenters. The van der Waals surface area contributed by atoms with E-state index in [2.05, 4.69) is 28.4 Å². The van der Waals surface area contributed by atoms with Gasteiger partial charge in [0.15, 0.2) is 0 Å². The number of hydrogen-bond acceptors (Lipinski definition) is 3. The molecule has 2 rings (SSSR count). The summed E-state index contributed by atoms with van der Waals surface area (Å²) in [4.78, 5) is 14.3. The van der Waals surface area contributed by atoms with Gasteiger partial charge in [-0.1, -0.05) is 37.3 Å². The van der Waals surface area contributed by atoms with Crippen molar-refractivity contribution in [1.82, 2.24) is 10.2 Å². The van der Waals surface area contributed by atoms with Gasteiger partial charge >= 0.3 is 0 Å². The number of nitriles is 1. The van der Waals surface area contributed by atoms with E-state index in [1.807, 2.05) is 32.0 Å². The average Bonchev–Trinajstić information content (AvgIpc) is 3.32. The molecule has 4 heteroatoms. The Morgan fingerprint density at radius 3 is 2.62 bits per heavy atom. The molecule has 1 amide bonds. The van der Waals surface area contributed by atoms with Crippen LogP contribution >= 0.6 is 0 Å². The van der Waals surface area contributed by atoms with Crippen molar-refractivity contribution >= 4 is 5.91 Å². The molecule has 0 aliphatic heterocycles. The molecule has 0 bridgehead atoms. The van der Waals surface area contributed by atoms with E-state index in [4.69, 9.17) is 0 Å². The quantitative estimate of drug-likeness (QED) is 0.836. The first-order valence-electron chi connectivity index (χ1n) is 7.56. The molecule has 21 heavy (non-hydrogen) atoms. The number of nitrogens with one attached hydrogen (secondary N) is 1. The summed E-state index contributed by atoms with van der Waals surface area (Å²) in [6.07, 6.45) is 2.07. The van der Waals surface area contributed by atoms with Crippen molar-refractivity contribution in [2.45, 2.75) is 38.8 Å². The van der Waals surface area contributed by atoms with Crippen molar-refractivity contribution in [3.8, 4) is 6.07 Å². The monoisotopic (exact) mass is 285 g/mol. The van der Waals surface area contributed by atoms with Crippen LogP contribution in [0.1, 0.15) is 32.3 Å². The molecule has 1 aromatic carbocycles. The fourth-order valence-corrected chi connectivity index (χ4v) is 2.54. The van der Waals surface area contributed by atoms with Gasteiger partial charge in [-0.2, -0.15) is 5.26 Å². The van der Waals surface area contributed by atoms with E-state index in [-0.39, 0.29) is 5.91 Å². The zero-order valence-electron chi connectivity index (χ0n) is 12.8. The van der Waals surface area contributed by atoms with Crippen LogP contribution in [0.25, 0.3) is 0 Å². The molecule has 0 heterocycles. The number of likely N-dealkylation sites (N-methyl/N-ethyl adjacent to an activating group) is 1. The number of hydrogen-bond donors (Lipinski definition) is 1. The van der Waals surface area contributed by atoms with Crippen LogP contribution in [0.5, 0.6) is 0 Å². The molecule has 1 aromatic rings. The largest absolute Gasteiger partial charge is 0.337 e. The molecule has 0 spiro atoms. The number of carbonyl (C=O) groups is 1. The summed E-state index contributed by atoms with van der Waals surface area (Å²) in [6, 6.07) is 12.4. The fraction of sp³-hybridized carbons (Fsp3) is 0.529. The number of benzene rings is 1. The summed E-state index contributed by atoms with van der Waals surface area (Å²) in [5.74, 6) is 0.249. The lowest BCUT2D eigenvalue weighted by Gasteiger charge is -2.26. The zero-order valence-corrected chi connectivity index (χ0v) is 12.8. The Morgan fingerprint density at radius 2 is 2.10 bits per heavy atom. The van der Waals surface area contributed by atoms with Gasteiger partial charge in [0.1, 0.15) is 5.54 Å². The molecule has 1 aliphatic rings. The van der Waals surface area contributed by atoms with E-state index in [0.717, 1.165) is 25.9 Å². The summed E-state index contributed by atoms with van der Waals surface area (Å²) < 4.78 is 0. The van der Waals surface area contributed by atoms with Crippen molar-refractivity contribution in [2.24, 2.45) is 5.92 Å². The minimum Gasteiger partial charge on any atom is -0.337 e. The maximum atomic E-state index is 12.2. The van der Waals surface area contributed by atoms with E-state index in [1.165, 1.54) is 5.56 Å². The standard InChI is InChI=1S/C17H23N3O/c1-3-20(11-14-7-5-4-6-8-14)12-16(21)19-17(2,13-18)15-9-10-15/h4-8,15H,3,9-12H2,1-2H3,(H,19,21). The number of amides is 1. The van der Waals surface area contributed by atoms with Crippen molar-refractivity contribution in [3.63, 3.8) is 0 Å². The minimum atomic E-state index is -0.705. The molecular weight excluding hydrogens is 262 g/mol. The van der Waals surface area contributed by atoms with Crippen molar-refractivity contribution in [1.29, 1.82) is 5.26 Å². The lowest BCUT2D eigenvalue weighted by Crippen LogP contribution is -2.50. The number of carbonyl (C=O) groups excluding carboxylic acids is 1. The molecule has 0 radical (unpaired) electrons. The number of rotatable bonds is 7. The van der Waals surface area contributed by atoms with Crippen molar-refractivity contribution in [2.75, 3.05) is 13.1 Å². The normalized spacial score (nSPS) is 17.0. The molecular formula is C17H23N3O. The second kappa shape index (κ2) is 6.73. The van der Waals surface area contributed by atoms with Crippen LogP contribution in [0.3, 0.4) is 0 Å². The summed E-state index contributed by atoms with van der Waals surface area (Å²) in [5, 5.41) is 12.2. The maximum Gasteiger partial charge on any atom is 0.235 e. The highest BCUT2D eigenvalue weighted by Gasteiger charge is 2.43. The molecule has 112 valence electrons. The second-order valence-electron chi connectivity index (χ2n) is 5.93. The van der Waals surface area contributed by atoms with Gasteiger partial charge in [-0.05, 0) is 37.8 Å². The smallest absolute Gasteiger partial charge is 0.235 e. The third-order valence-corrected chi connectivity index (χ3v) is 4.09. The number of nitrogens with zero attached hydrogens (tertiary/aromatic N) is 2. The highest BCUT2D eigenvalue weighted by molar-refractivity contribution is 5.79. The highest BCUT2D eigenvalue weighted by atomic mass is 16.2. The third kappa shape index (κ3) is 4.30. The third-order valence-electron chi connectivity index (χ3n) is 4.09. The lowest BCUT2D eigenvalue weighted by atomic mass is 9.98. The van der Waals surface area contributed by atoms with Gasteiger partial charge in [0.2, 0.25) is 5.91 Å². The first-order chi connectivity index (χ1) is 10.1. The van der Waals surface area contributed by atoms with Crippen LogP contribution in [-0.4, -0.2) is 29.4 Å². The lowest BCUT2D eigenvalue weighted by molar-refractivity contribution is -0.123. The van der Waals surface area contributed by atoms with Gasteiger partial charge in [0, 0.05) is 6.54 Å². The molecule has 4 nitrogen and oxygen atoms in total. The Hall–Kier alpha value is -1.86. The van der Waals surface area contributed by atoms with E-state index < -0.39 is 5.54 Å². The minimum absolute atomic E-state index is 0.0660. The Bertz CT molecular complexity index is 519. The Labute approximate surface area is 126 Å². The van der Waals surface area contributed by atoms with Crippen LogP contribution in [-0.2, 0) is 11.3 Å². The Balaban J connectivity index is 1.89.